The van der Waals surface area contributed by atoms with Crippen LogP contribution >= 0.6 is 0 Å². The first-order chi connectivity index (χ1) is 11.8. The average Bonchev–Trinajstić information content (AvgIpc) is 2.91. The van der Waals surface area contributed by atoms with Gasteiger partial charge in [0.1, 0.15) is 23.0 Å². The number of rotatable bonds is 8. The summed E-state index contributed by atoms with van der Waals surface area (Å²) in [5.74, 6) is 1.19. The number of H-pyrrole nitrogens is 1. The average molecular weight is 349 g/mol. The lowest BCUT2D eigenvalue weighted by Crippen LogP contribution is -2.39. The van der Waals surface area contributed by atoms with Crippen molar-refractivity contribution in [3.8, 4) is 0 Å². The van der Waals surface area contributed by atoms with Gasteiger partial charge in [-0.2, -0.15) is 0 Å². The second-order valence-electron chi connectivity index (χ2n) is 6.70. The summed E-state index contributed by atoms with van der Waals surface area (Å²) in [6.45, 7) is 9.42. The van der Waals surface area contributed by atoms with Crippen LogP contribution in [-0.2, 0) is 13.1 Å². The molecule has 2 heterocycles. The molecule has 2 aromatic heterocycles. The molecule has 0 atom stereocenters. The van der Waals surface area contributed by atoms with Gasteiger partial charge in [-0.25, -0.2) is 4.79 Å². The zero-order valence-corrected chi connectivity index (χ0v) is 15.3. The van der Waals surface area contributed by atoms with E-state index in [1.807, 2.05) is 24.8 Å². The maximum absolute atomic E-state index is 12.5. The van der Waals surface area contributed by atoms with E-state index in [1.54, 1.807) is 0 Å². The minimum absolute atomic E-state index is 0.197. The topological polar surface area (TPSA) is 110 Å². The number of hydrogen-bond donors (Lipinski definition) is 2. The summed E-state index contributed by atoms with van der Waals surface area (Å²) >= 11 is 0. The van der Waals surface area contributed by atoms with Gasteiger partial charge < -0.3 is 15.2 Å². The SMILES string of the molecule is CCCCn1c(N)c(N(Cc2cc(C)on2)CC(C)C)c(=O)[nH]c1=O. The minimum Gasteiger partial charge on any atom is -0.383 e. The molecule has 8 heteroatoms. The first-order valence-electron chi connectivity index (χ1n) is 8.63. The maximum atomic E-state index is 12.5. The zero-order chi connectivity index (χ0) is 18.6. The van der Waals surface area contributed by atoms with E-state index in [1.165, 1.54) is 4.57 Å². The fraction of sp³-hybridized carbons (Fsp3) is 0.588. The molecule has 0 aliphatic carbocycles. The molecule has 0 aliphatic heterocycles. The summed E-state index contributed by atoms with van der Waals surface area (Å²) in [7, 11) is 0. The summed E-state index contributed by atoms with van der Waals surface area (Å²) in [4.78, 5) is 28.8. The van der Waals surface area contributed by atoms with Crippen LogP contribution in [0.3, 0.4) is 0 Å². The molecule has 25 heavy (non-hydrogen) atoms. The van der Waals surface area contributed by atoms with Gasteiger partial charge in [0.2, 0.25) is 0 Å². The molecule has 0 radical (unpaired) electrons. The van der Waals surface area contributed by atoms with E-state index in [0.29, 0.717) is 42.7 Å². The third-order valence-corrected chi connectivity index (χ3v) is 3.88. The normalized spacial score (nSPS) is 11.2. The Balaban J connectivity index is 2.48. The lowest BCUT2D eigenvalue weighted by atomic mass is 10.2. The van der Waals surface area contributed by atoms with Crippen LogP contribution in [-0.4, -0.2) is 21.3 Å². The highest BCUT2D eigenvalue weighted by molar-refractivity contribution is 5.62. The summed E-state index contributed by atoms with van der Waals surface area (Å²) in [6.07, 6.45) is 1.73. The molecule has 0 aromatic carbocycles. The summed E-state index contributed by atoms with van der Waals surface area (Å²) in [5, 5.41) is 4.00. The largest absolute Gasteiger partial charge is 0.383 e. The van der Waals surface area contributed by atoms with Crippen molar-refractivity contribution in [1.29, 1.82) is 0 Å². The van der Waals surface area contributed by atoms with Crippen molar-refractivity contribution < 1.29 is 4.52 Å². The smallest absolute Gasteiger partial charge is 0.330 e. The highest BCUT2D eigenvalue weighted by atomic mass is 16.5. The van der Waals surface area contributed by atoms with Crippen molar-refractivity contribution >= 4 is 11.5 Å². The lowest BCUT2D eigenvalue weighted by molar-refractivity contribution is 0.389. The molecule has 0 aliphatic rings. The first-order valence-corrected chi connectivity index (χ1v) is 8.63. The van der Waals surface area contributed by atoms with E-state index in [4.69, 9.17) is 10.3 Å². The Morgan fingerprint density at radius 3 is 2.68 bits per heavy atom. The summed E-state index contributed by atoms with van der Waals surface area (Å²) in [6, 6.07) is 1.82. The highest BCUT2D eigenvalue weighted by Gasteiger charge is 2.21. The van der Waals surface area contributed by atoms with Gasteiger partial charge in [-0.15, -0.1) is 0 Å². The number of aromatic amines is 1. The van der Waals surface area contributed by atoms with E-state index < -0.39 is 11.2 Å². The molecule has 0 amide bonds. The van der Waals surface area contributed by atoms with Crippen LogP contribution in [0, 0.1) is 12.8 Å². The fourth-order valence-electron chi connectivity index (χ4n) is 2.78. The van der Waals surface area contributed by atoms with Crippen molar-refractivity contribution in [2.24, 2.45) is 5.92 Å². The molecule has 2 rings (SSSR count). The van der Waals surface area contributed by atoms with E-state index >= 15 is 0 Å². The third-order valence-electron chi connectivity index (χ3n) is 3.88. The van der Waals surface area contributed by atoms with Crippen molar-refractivity contribution in [2.75, 3.05) is 17.2 Å². The van der Waals surface area contributed by atoms with Gasteiger partial charge in [0.05, 0.1) is 6.54 Å². The van der Waals surface area contributed by atoms with Crippen LogP contribution in [0.5, 0.6) is 0 Å². The monoisotopic (exact) mass is 349 g/mol. The molecule has 0 fully saturated rings. The van der Waals surface area contributed by atoms with Gasteiger partial charge in [-0.3, -0.25) is 14.3 Å². The molecule has 138 valence electrons. The molecular formula is C17H27N5O3. The van der Waals surface area contributed by atoms with Crippen LogP contribution in [0.1, 0.15) is 45.1 Å². The van der Waals surface area contributed by atoms with E-state index in [-0.39, 0.29) is 5.82 Å². The number of anilines is 2. The van der Waals surface area contributed by atoms with Gasteiger partial charge in [0.15, 0.2) is 0 Å². The Labute approximate surface area is 146 Å². The number of aryl methyl sites for hydroxylation is 1. The van der Waals surface area contributed by atoms with Crippen LogP contribution < -0.4 is 21.9 Å². The van der Waals surface area contributed by atoms with Gasteiger partial charge >= 0.3 is 5.69 Å². The second-order valence-corrected chi connectivity index (χ2v) is 6.70. The molecule has 0 saturated carbocycles. The first kappa shape index (κ1) is 18.8. The van der Waals surface area contributed by atoms with Gasteiger partial charge in [-0.05, 0) is 19.3 Å². The number of aromatic nitrogens is 3. The van der Waals surface area contributed by atoms with Crippen LogP contribution in [0.25, 0.3) is 0 Å². The van der Waals surface area contributed by atoms with E-state index in [9.17, 15) is 9.59 Å². The Morgan fingerprint density at radius 2 is 2.12 bits per heavy atom. The van der Waals surface area contributed by atoms with Crippen LogP contribution in [0.4, 0.5) is 11.5 Å². The number of nitrogens with one attached hydrogen (secondary N) is 1. The molecule has 0 unspecified atom stereocenters. The third kappa shape index (κ3) is 4.52. The summed E-state index contributed by atoms with van der Waals surface area (Å²) in [5.41, 5.74) is 6.29. The quantitative estimate of drug-likeness (QED) is 0.753. The standard InChI is InChI=1S/C17H27N5O3/c1-5-6-7-22-15(18)14(16(23)19-17(22)24)21(9-11(2)3)10-13-8-12(4)25-20-13/h8,11H,5-7,9-10,18H2,1-4H3,(H,19,23,24). The lowest BCUT2D eigenvalue weighted by Gasteiger charge is -2.27. The van der Waals surface area contributed by atoms with Crippen molar-refractivity contribution in [3.05, 3.63) is 38.4 Å². The van der Waals surface area contributed by atoms with Crippen molar-refractivity contribution in [1.82, 2.24) is 14.7 Å². The van der Waals surface area contributed by atoms with Gasteiger partial charge in [0.25, 0.3) is 5.56 Å². The Kier molecular flexibility index (Phi) is 6.06. The molecule has 8 nitrogen and oxygen atoms in total. The number of nitrogen functional groups attached to an aromatic ring is 1. The van der Waals surface area contributed by atoms with Gasteiger partial charge in [-0.1, -0.05) is 32.3 Å². The Hall–Kier alpha value is -2.51. The molecule has 3 N–H and O–H groups in total. The maximum Gasteiger partial charge on any atom is 0.330 e. The summed E-state index contributed by atoms with van der Waals surface area (Å²) < 4.78 is 6.55. The molecule has 0 spiro atoms. The second kappa shape index (κ2) is 8.04. The number of hydrogen-bond acceptors (Lipinski definition) is 6. The van der Waals surface area contributed by atoms with Crippen LogP contribution in [0.15, 0.2) is 20.2 Å². The van der Waals surface area contributed by atoms with Crippen LogP contribution in [0.2, 0.25) is 0 Å². The fourth-order valence-corrected chi connectivity index (χ4v) is 2.78. The van der Waals surface area contributed by atoms with Crippen molar-refractivity contribution in [3.63, 3.8) is 0 Å². The molecule has 0 saturated heterocycles. The Morgan fingerprint density at radius 1 is 1.40 bits per heavy atom. The number of nitrogens with zero attached hydrogens (tertiary/aromatic N) is 3. The van der Waals surface area contributed by atoms with Crippen molar-refractivity contribution in [2.45, 2.75) is 53.6 Å². The Bertz CT molecular complexity index is 818. The predicted octanol–water partition coefficient (Wildman–Crippen LogP) is 1.88. The predicted molar refractivity (Wildman–Crippen MR) is 97.8 cm³/mol. The van der Waals surface area contributed by atoms with E-state index in [2.05, 4.69) is 24.0 Å². The number of unbranched alkanes of at least 4 members (excludes halogenated alkanes) is 1. The van der Waals surface area contributed by atoms with Gasteiger partial charge in [0, 0.05) is 19.2 Å². The zero-order valence-electron chi connectivity index (χ0n) is 15.3. The number of nitrogens with two attached hydrogens (primary N) is 1. The molecular weight excluding hydrogens is 322 g/mol. The van der Waals surface area contributed by atoms with E-state index in [0.717, 1.165) is 12.8 Å². The highest BCUT2D eigenvalue weighted by Crippen LogP contribution is 2.21. The molecule has 2 aromatic rings. The minimum atomic E-state index is -0.476. The molecule has 0 bridgehead atoms.